The number of benzene rings is 8. The molecule has 0 atom stereocenters. The standard InChI is InChI=1S/C48H33NO/c1-4-13-34(14-5-1)37-23-27-42(28-24-37)49(46-21-12-20-45-44-19-10-11-22-47(44)50-48(45)46)43-29-25-38(26-30-43)41-32-39(35-15-6-2-7-16-35)31-40(33-41)36-17-8-3-9-18-36/h1-33H. The summed E-state index contributed by atoms with van der Waals surface area (Å²) in [5.41, 5.74) is 14.4. The van der Waals surface area contributed by atoms with E-state index < -0.39 is 0 Å². The molecule has 236 valence electrons. The summed E-state index contributed by atoms with van der Waals surface area (Å²) in [6, 6.07) is 71.0. The Bertz CT molecular complexity index is 2490. The van der Waals surface area contributed by atoms with Crippen molar-refractivity contribution in [1.82, 2.24) is 0 Å². The average molecular weight is 640 g/mol. The molecule has 8 aromatic carbocycles. The quantitative estimate of drug-likeness (QED) is 0.173. The lowest BCUT2D eigenvalue weighted by molar-refractivity contribution is 0.669. The maximum Gasteiger partial charge on any atom is 0.159 e. The van der Waals surface area contributed by atoms with E-state index in [4.69, 9.17) is 4.42 Å². The molecule has 0 saturated carbocycles. The van der Waals surface area contributed by atoms with Gasteiger partial charge >= 0.3 is 0 Å². The summed E-state index contributed by atoms with van der Waals surface area (Å²) in [5, 5.41) is 2.22. The van der Waals surface area contributed by atoms with Gasteiger partial charge in [0.15, 0.2) is 5.58 Å². The number of para-hydroxylation sites is 2. The smallest absolute Gasteiger partial charge is 0.159 e. The third kappa shape index (κ3) is 5.53. The van der Waals surface area contributed by atoms with Crippen molar-refractivity contribution in [1.29, 1.82) is 0 Å². The summed E-state index contributed by atoms with van der Waals surface area (Å²) >= 11 is 0. The van der Waals surface area contributed by atoms with Gasteiger partial charge in [0, 0.05) is 22.1 Å². The lowest BCUT2D eigenvalue weighted by Gasteiger charge is -2.26. The zero-order chi connectivity index (χ0) is 33.3. The summed E-state index contributed by atoms with van der Waals surface area (Å²) in [5.74, 6) is 0. The van der Waals surface area contributed by atoms with Gasteiger partial charge < -0.3 is 9.32 Å². The molecule has 9 aromatic rings. The lowest BCUT2D eigenvalue weighted by atomic mass is 9.93. The number of hydrogen-bond acceptors (Lipinski definition) is 2. The number of hydrogen-bond donors (Lipinski definition) is 0. The summed E-state index contributed by atoms with van der Waals surface area (Å²) in [6.07, 6.45) is 0. The van der Waals surface area contributed by atoms with Crippen molar-refractivity contribution < 1.29 is 4.42 Å². The van der Waals surface area contributed by atoms with Gasteiger partial charge in [-0.1, -0.05) is 146 Å². The number of furan rings is 1. The molecule has 50 heavy (non-hydrogen) atoms. The minimum atomic E-state index is 0.868. The highest BCUT2D eigenvalue weighted by molar-refractivity contribution is 6.10. The van der Waals surface area contributed by atoms with Gasteiger partial charge in [-0.25, -0.2) is 0 Å². The van der Waals surface area contributed by atoms with Gasteiger partial charge in [-0.2, -0.15) is 0 Å². The topological polar surface area (TPSA) is 16.4 Å². The van der Waals surface area contributed by atoms with Gasteiger partial charge in [-0.15, -0.1) is 0 Å². The Hall–Kier alpha value is -6.64. The summed E-state index contributed by atoms with van der Waals surface area (Å²) < 4.78 is 6.56. The average Bonchev–Trinajstić information content (AvgIpc) is 3.59. The highest BCUT2D eigenvalue weighted by Crippen LogP contribution is 2.43. The Balaban J connectivity index is 1.17. The van der Waals surface area contributed by atoms with E-state index in [1.165, 1.54) is 38.9 Å². The van der Waals surface area contributed by atoms with Crippen LogP contribution in [0.2, 0.25) is 0 Å². The Morgan fingerprint density at radius 3 is 1.22 bits per heavy atom. The summed E-state index contributed by atoms with van der Waals surface area (Å²) in [4.78, 5) is 2.30. The molecular weight excluding hydrogens is 607 g/mol. The molecule has 0 aliphatic carbocycles. The molecule has 0 saturated heterocycles. The van der Waals surface area contributed by atoms with Crippen LogP contribution in [0.3, 0.4) is 0 Å². The molecule has 0 bridgehead atoms. The van der Waals surface area contributed by atoms with Crippen LogP contribution in [0.25, 0.3) is 66.4 Å². The first kappa shape index (κ1) is 29.5. The van der Waals surface area contributed by atoms with Crippen LogP contribution in [0.4, 0.5) is 17.1 Å². The molecule has 0 amide bonds. The fraction of sp³-hybridized carbons (Fsp3) is 0. The van der Waals surface area contributed by atoms with Crippen LogP contribution in [0, 0.1) is 0 Å². The molecular formula is C48H33NO. The lowest BCUT2D eigenvalue weighted by Crippen LogP contribution is -2.10. The van der Waals surface area contributed by atoms with Crippen LogP contribution >= 0.6 is 0 Å². The first-order chi connectivity index (χ1) is 24.8. The Morgan fingerprint density at radius 2 is 0.700 bits per heavy atom. The first-order valence-corrected chi connectivity index (χ1v) is 17.0. The van der Waals surface area contributed by atoms with Crippen molar-refractivity contribution in [3.8, 4) is 44.5 Å². The molecule has 0 aliphatic heterocycles. The molecule has 0 fully saturated rings. The van der Waals surface area contributed by atoms with Crippen LogP contribution in [0.15, 0.2) is 205 Å². The molecule has 0 unspecified atom stereocenters. The van der Waals surface area contributed by atoms with Crippen molar-refractivity contribution in [3.05, 3.63) is 200 Å². The molecule has 9 rings (SSSR count). The van der Waals surface area contributed by atoms with E-state index in [0.717, 1.165) is 44.6 Å². The SMILES string of the molecule is c1ccc(-c2ccc(N(c3ccc(-c4cc(-c5ccccc5)cc(-c5ccccc5)c4)cc3)c3cccc4c3oc3ccccc34)cc2)cc1. The van der Waals surface area contributed by atoms with E-state index in [2.05, 4.69) is 193 Å². The maximum atomic E-state index is 6.56. The minimum Gasteiger partial charge on any atom is -0.454 e. The van der Waals surface area contributed by atoms with Crippen molar-refractivity contribution in [2.75, 3.05) is 4.90 Å². The van der Waals surface area contributed by atoms with E-state index in [1.54, 1.807) is 0 Å². The van der Waals surface area contributed by atoms with Crippen LogP contribution in [-0.4, -0.2) is 0 Å². The van der Waals surface area contributed by atoms with E-state index in [9.17, 15) is 0 Å². The van der Waals surface area contributed by atoms with E-state index in [1.807, 2.05) is 12.1 Å². The molecule has 2 nitrogen and oxygen atoms in total. The minimum absolute atomic E-state index is 0.868. The van der Waals surface area contributed by atoms with Gasteiger partial charge in [-0.3, -0.25) is 0 Å². The second-order valence-electron chi connectivity index (χ2n) is 12.6. The van der Waals surface area contributed by atoms with Crippen molar-refractivity contribution in [2.24, 2.45) is 0 Å². The van der Waals surface area contributed by atoms with Crippen LogP contribution in [-0.2, 0) is 0 Å². The van der Waals surface area contributed by atoms with Crippen molar-refractivity contribution in [3.63, 3.8) is 0 Å². The van der Waals surface area contributed by atoms with Crippen LogP contribution in [0.5, 0.6) is 0 Å². The molecule has 0 aliphatic rings. The third-order valence-electron chi connectivity index (χ3n) is 9.46. The second-order valence-corrected chi connectivity index (χ2v) is 12.6. The number of fused-ring (bicyclic) bond motifs is 3. The predicted octanol–water partition coefficient (Wildman–Crippen LogP) is 13.7. The second kappa shape index (κ2) is 12.8. The third-order valence-corrected chi connectivity index (χ3v) is 9.46. The van der Waals surface area contributed by atoms with Crippen LogP contribution < -0.4 is 4.90 Å². The fourth-order valence-corrected chi connectivity index (χ4v) is 6.96. The number of rotatable bonds is 7. The highest BCUT2D eigenvalue weighted by atomic mass is 16.3. The number of nitrogens with zero attached hydrogens (tertiary/aromatic N) is 1. The largest absolute Gasteiger partial charge is 0.454 e. The summed E-state index contributed by atoms with van der Waals surface area (Å²) in [7, 11) is 0. The van der Waals surface area contributed by atoms with Gasteiger partial charge in [0.05, 0.1) is 5.69 Å². The zero-order valence-corrected chi connectivity index (χ0v) is 27.4. The Labute approximate surface area is 292 Å². The van der Waals surface area contributed by atoms with Gasteiger partial charge in [0.2, 0.25) is 0 Å². The predicted molar refractivity (Wildman–Crippen MR) is 210 cm³/mol. The van der Waals surface area contributed by atoms with E-state index in [0.29, 0.717) is 0 Å². The maximum absolute atomic E-state index is 6.56. The van der Waals surface area contributed by atoms with Gasteiger partial charge in [0.25, 0.3) is 0 Å². The first-order valence-electron chi connectivity index (χ1n) is 17.0. The Morgan fingerprint density at radius 1 is 0.300 bits per heavy atom. The Kier molecular flexibility index (Phi) is 7.53. The highest BCUT2D eigenvalue weighted by Gasteiger charge is 2.19. The fourth-order valence-electron chi connectivity index (χ4n) is 6.96. The van der Waals surface area contributed by atoms with Crippen molar-refractivity contribution in [2.45, 2.75) is 0 Å². The molecule has 0 radical (unpaired) electrons. The zero-order valence-electron chi connectivity index (χ0n) is 27.4. The van der Waals surface area contributed by atoms with Gasteiger partial charge in [0.1, 0.15) is 5.58 Å². The monoisotopic (exact) mass is 639 g/mol. The normalized spacial score (nSPS) is 11.2. The van der Waals surface area contributed by atoms with Crippen molar-refractivity contribution >= 4 is 39.0 Å². The van der Waals surface area contributed by atoms with E-state index in [-0.39, 0.29) is 0 Å². The number of anilines is 3. The molecule has 0 N–H and O–H groups in total. The van der Waals surface area contributed by atoms with Crippen LogP contribution in [0.1, 0.15) is 0 Å². The summed E-state index contributed by atoms with van der Waals surface area (Å²) in [6.45, 7) is 0. The molecule has 0 spiro atoms. The molecule has 1 aromatic heterocycles. The molecule has 2 heteroatoms. The van der Waals surface area contributed by atoms with Gasteiger partial charge in [-0.05, 0) is 99.1 Å². The van der Waals surface area contributed by atoms with E-state index >= 15 is 0 Å². The molecule has 1 heterocycles.